The number of rotatable bonds is 10. The van der Waals surface area contributed by atoms with Crippen molar-refractivity contribution >= 4 is 18.0 Å². The van der Waals surface area contributed by atoms with Crippen LogP contribution < -0.4 is 11.0 Å². The number of nitrogens with one attached hydrogen (secondary N) is 2. The normalized spacial score (nSPS) is 32.9. The molecule has 250 valence electrons. The average molecular weight is 639 g/mol. The van der Waals surface area contributed by atoms with Gasteiger partial charge in [-0.25, -0.2) is 15.1 Å². The van der Waals surface area contributed by atoms with E-state index < -0.39 is 84.0 Å². The second-order valence-electron chi connectivity index (χ2n) is 13.2. The van der Waals surface area contributed by atoms with Crippen LogP contribution in [-0.2, 0) is 63.8 Å². The third kappa shape index (κ3) is 8.29. The molecule has 0 saturated carbocycles. The van der Waals surface area contributed by atoms with E-state index in [1.165, 1.54) is 0 Å². The highest BCUT2D eigenvalue weighted by atomic mass is 16.8. The van der Waals surface area contributed by atoms with Gasteiger partial charge in [0.2, 0.25) is 0 Å². The van der Waals surface area contributed by atoms with Crippen LogP contribution in [0.15, 0.2) is 30.3 Å². The van der Waals surface area contributed by atoms with Crippen molar-refractivity contribution < 1.29 is 62.0 Å². The van der Waals surface area contributed by atoms with Gasteiger partial charge in [-0.15, -0.1) is 0 Å². The van der Waals surface area contributed by atoms with E-state index in [1.54, 1.807) is 48.5 Å². The molecule has 2 N–H and O–H groups in total. The molecule has 5 rings (SSSR count). The number of carbonyl (C=O) groups excluding carboxylic acids is 3. The summed E-state index contributed by atoms with van der Waals surface area (Å²) < 4.78 is 46.0. The fourth-order valence-electron chi connectivity index (χ4n) is 5.57. The lowest BCUT2D eigenvalue weighted by Crippen LogP contribution is -2.45. The average Bonchev–Trinajstić information content (AvgIpc) is 3.62. The van der Waals surface area contributed by atoms with Gasteiger partial charge < -0.3 is 37.9 Å². The Morgan fingerprint density at radius 1 is 0.778 bits per heavy atom. The van der Waals surface area contributed by atoms with Crippen molar-refractivity contribution in [3.05, 3.63) is 35.9 Å². The number of carbonyl (C=O) groups is 3. The fourth-order valence-corrected chi connectivity index (χ4v) is 5.57. The van der Waals surface area contributed by atoms with E-state index in [-0.39, 0.29) is 19.8 Å². The van der Waals surface area contributed by atoms with Gasteiger partial charge in [0.15, 0.2) is 30.3 Å². The maximum Gasteiger partial charge on any atom is 0.431 e. The van der Waals surface area contributed by atoms with Gasteiger partial charge in [-0.2, -0.15) is 5.48 Å². The fraction of sp³-hybridized carbons (Fsp3) is 0.700. The van der Waals surface area contributed by atoms with Crippen molar-refractivity contribution in [2.75, 3.05) is 13.2 Å². The second-order valence-corrected chi connectivity index (χ2v) is 13.2. The van der Waals surface area contributed by atoms with Crippen LogP contribution in [0.25, 0.3) is 0 Å². The minimum Gasteiger partial charge on any atom is -0.458 e. The van der Waals surface area contributed by atoms with Crippen molar-refractivity contribution in [1.29, 1.82) is 0 Å². The minimum absolute atomic E-state index is 0.0534. The molecular formula is C30H42N2O13. The molecule has 0 bridgehead atoms. The highest BCUT2D eigenvalue weighted by Crippen LogP contribution is 2.42. The molecule has 0 spiro atoms. The van der Waals surface area contributed by atoms with Crippen molar-refractivity contribution in [3.63, 3.8) is 0 Å². The first kappa shape index (κ1) is 33.5. The van der Waals surface area contributed by atoms with E-state index in [4.69, 9.17) is 47.6 Å². The van der Waals surface area contributed by atoms with Crippen LogP contribution in [0.3, 0.4) is 0 Å². The van der Waals surface area contributed by atoms with Gasteiger partial charge >= 0.3 is 12.1 Å². The summed E-state index contributed by atoms with van der Waals surface area (Å²) in [5, 5.41) is 0. The molecule has 2 amide bonds. The van der Waals surface area contributed by atoms with Crippen LogP contribution in [0.5, 0.6) is 0 Å². The van der Waals surface area contributed by atoms with Gasteiger partial charge in [0.1, 0.15) is 30.5 Å². The molecule has 8 atom stereocenters. The van der Waals surface area contributed by atoms with E-state index in [2.05, 4.69) is 11.0 Å². The van der Waals surface area contributed by atoms with Gasteiger partial charge in [0.05, 0.1) is 25.0 Å². The number of benzene rings is 1. The molecule has 15 heteroatoms. The van der Waals surface area contributed by atoms with Crippen molar-refractivity contribution in [2.45, 2.75) is 109 Å². The Morgan fingerprint density at radius 2 is 1.31 bits per heavy atom. The zero-order chi connectivity index (χ0) is 32.6. The second kappa shape index (κ2) is 13.1. The summed E-state index contributed by atoms with van der Waals surface area (Å²) >= 11 is 0. The largest absolute Gasteiger partial charge is 0.458 e. The van der Waals surface area contributed by atoms with E-state index in [0.717, 1.165) is 5.56 Å². The molecule has 0 aliphatic carbocycles. The zero-order valence-electron chi connectivity index (χ0n) is 26.4. The summed E-state index contributed by atoms with van der Waals surface area (Å²) in [6, 6.07) is 9.16. The van der Waals surface area contributed by atoms with Crippen molar-refractivity contribution in [2.24, 2.45) is 11.8 Å². The van der Waals surface area contributed by atoms with Gasteiger partial charge in [-0.1, -0.05) is 30.3 Å². The van der Waals surface area contributed by atoms with Crippen LogP contribution in [0.1, 0.15) is 54.0 Å². The zero-order valence-corrected chi connectivity index (χ0v) is 26.4. The first-order valence-electron chi connectivity index (χ1n) is 14.9. The highest BCUT2D eigenvalue weighted by Gasteiger charge is 2.59. The molecule has 0 unspecified atom stereocenters. The third-order valence-electron chi connectivity index (χ3n) is 7.35. The minimum atomic E-state index is -1.13. The summed E-state index contributed by atoms with van der Waals surface area (Å²) in [5.74, 6) is -4.50. The highest BCUT2D eigenvalue weighted by molar-refractivity contribution is 5.80. The lowest BCUT2D eigenvalue weighted by Gasteiger charge is -2.28. The SMILES string of the molecule is CC(C)(C)OC(=O)[C@H]1O[C@@H]2OC(C)(C)O[C@@H]2[C@@H]1CONC(=O)[C@H]1O[C@@H]2OC(C)(C)O[C@@H]2[C@@H]1CONC(=O)OCc1ccccc1. The molecule has 4 aliphatic rings. The number of ether oxygens (including phenoxy) is 8. The molecule has 4 fully saturated rings. The Bertz CT molecular complexity index is 1220. The topological polar surface area (TPSA) is 168 Å². The monoisotopic (exact) mass is 638 g/mol. The molecule has 0 radical (unpaired) electrons. The van der Waals surface area contributed by atoms with Crippen LogP contribution >= 0.6 is 0 Å². The predicted molar refractivity (Wildman–Crippen MR) is 150 cm³/mol. The number of hydrogen-bond donors (Lipinski definition) is 2. The molecule has 4 heterocycles. The smallest absolute Gasteiger partial charge is 0.431 e. The van der Waals surface area contributed by atoms with E-state index in [9.17, 15) is 14.4 Å². The van der Waals surface area contributed by atoms with Crippen molar-refractivity contribution in [3.8, 4) is 0 Å². The van der Waals surface area contributed by atoms with Crippen molar-refractivity contribution in [1.82, 2.24) is 11.0 Å². The molecule has 4 aliphatic heterocycles. The predicted octanol–water partition coefficient (Wildman–Crippen LogP) is 2.22. The Balaban J connectivity index is 1.17. The first-order chi connectivity index (χ1) is 21.1. The molecule has 45 heavy (non-hydrogen) atoms. The lowest BCUT2D eigenvalue weighted by molar-refractivity contribution is -0.223. The van der Waals surface area contributed by atoms with E-state index in [1.807, 2.05) is 30.3 Å². The summed E-state index contributed by atoms with van der Waals surface area (Å²) in [7, 11) is 0. The van der Waals surface area contributed by atoms with Crippen LogP contribution in [0, 0.1) is 11.8 Å². The quantitative estimate of drug-likeness (QED) is 0.283. The number of amides is 2. The third-order valence-corrected chi connectivity index (χ3v) is 7.35. The molecule has 1 aromatic carbocycles. The maximum absolute atomic E-state index is 13.3. The number of hydrogen-bond acceptors (Lipinski definition) is 13. The molecule has 1 aromatic rings. The number of hydroxylamine groups is 2. The van der Waals surface area contributed by atoms with Gasteiger partial charge in [-0.3, -0.25) is 14.5 Å². The standard InChI is InChI=1S/C30H42N2O13/c1-28(2,3)43-24(34)20-18(22-26(40-20)45-30(6,7)42-22)15-37-31-23(33)19-17(21-25(39-19)44-29(4,5)41-21)14-38-32-27(35)36-13-16-11-9-8-10-12-16/h8-12,17-22,25-26H,13-15H2,1-7H3,(H,31,33)(H,32,35)/t17-,18-,19+,20+,21-,22-,25-,26-/m1/s1. The Morgan fingerprint density at radius 3 is 1.89 bits per heavy atom. The Kier molecular flexibility index (Phi) is 9.73. The van der Waals surface area contributed by atoms with Crippen LogP contribution in [-0.4, -0.2) is 85.4 Å². The molecule has 0 aromatic heterocycles. The number of fused-ring (bicyclic) bond motifs is 2. The molecule has 15 nitrogen and oxygen atoms in total. The first-order valence-corrected chi connectivity index (χ1v) is 14.9. The number of esters is 1. The summed E-state index contributed by atoms with van der Waals surface area (Å²) in [6.45, 7) is 11.9. The van der Waals surface area contributed by atoms with E-state index >= 15 is 0 Å². The van der Waals surface area contributed by atoms with Crippen LogP contribution in [0.4, 0.5) is 4.79 Å². The Labute approximate surface area is 261 Å². The van der Waals surface area contributed by atoms with Gasteiger partial charge in [-0.05, 0) is 54.0 Å². The summed E-state index contributed by atoms with van der Waals surface area (Å²) in [5.41, 5.74) is 4.67. The van der Waals surface area contributed by atoms with Crippen LogP contribution in [0.2, 0.25) is 0 Å². The summed E-state index contributed by atoms with van der Waals surface area (Å²) in [4.78, 5) is 49.4. The van der Waals surface area contributed by atoms with Gasteiger partial charge in [0.25, 0.3) is 5.91 Å². The van der Waals surface area contributed by atoms with E-state index in [0.29, 0.717) is 0 Å². The molecule has 4 saturated heterocycles. The maximum atomic E-state index is 13.3. The molecular weight excluding hydrogens is 596 g/mol. The van der Waals surface area contributed by atoms with Gasteiger partial charge in [0, 0.05) is 0 Å². The lowest BCUT2D eigenvalue weighted by atomic mass is 9.99. The summed E-state index contributed by atoms with van der Waals surface area (Å²) in [6.07, 6.45) is -5.98. The Hall–Kier alpha value is -2.89.